The molecule has 30 heavy (non-hydrogen) atoms. The first kappa shape index (κ1) is 22.2. The number of benzene rings is 3. The molecule has 0 fully saturated rings. The second-order valence-corrected chi connectivity index (χ2v) is 9.66. The van der Waals surface area contributed by atoms with Crippen molar-refractivity contribution < 1.29 is 13.5 Å². The van der Waals surface area contributed by atoms with Gasteiger partial charge in [0, 0.05) is 19.2 Å². The normalized spacial score (nSPS) is 13.9. The van der Waals surface area contributed by atoms with Crippen molar-refractivity contribution in [3.8, 4) is 0 Å². The molecule has 3 aromatic carbocycles. The largest absolute Gasteiger partial charge is 0.396 e. The van der Waals surface area contributed by atoms with Gasteiger partial charge in [0.15, 0.2) is 0 Å². The average Bonchev–Trinajstić information content (AvgIpc) is 2.77. The number of hydrogen-bond acceptors (Lipinski definition) is 3. The summed E-state index contributed by atoms with van der Waals surface area (Å²) in [5.74, 6) is -0.228. The van der Waals surface area contributed by atoms with Gasteiger partial charge in [-0.1, -0.05) is 85.3 Å². The van der Waals surface area contributed by atoms with Crippen molar-refractivity contribution in [3.05, 3.63) is 102 Å². The van der Waals surface area contributed by atoms with Gasteiger partial charge in [-0.15, -0.1) is 0 Å². The van der Waals surface area contributed by atoms with E-state index in [4.69, 9.17) is 0 Å². The summed E-state index contributed by atoms with van der Waals surface area (Å²) in [6.45, 7) is 3.99. The van der Waals surface area contributed by atoms with Crippen LogP contribution in [0.4, 0.5) is 0 Å². The van der Waals surface area contributed by atoms with E-state index in [-0.39, 0.29) is 30.0 Å². The molecule has 0 amide bonds. The molecule has 0 saturated heterocycles. The minimum atomic E-state index is -3.77. The van der Waals surface area contributed by atoms with Gasteiger partial charge in [-0.25, -0.2) is 8.42 Å². The first-order valence-corrected chi connectivity index (χ1v) is 11.6. The van der Waals surface area contributed by atoms with Gasteiger partial charge in [-0.05, 0) is 42.5 Å². The van der Waals surface area contributed by atoms with Crippen LogP contribution in [0.15, 0.2) is 89.8 Å². The predicted octanol–water partition coefficient (Wildman–Crippen LogP) is 4.43. The fourth-order valence-corrected chi connectivity index (χ4v) is 5.26. The summed E-state index contributed by atoms with van der Waals surface area (Å²) < 4.78 is 29.0. The van der Waals surface area contributed by atoms with Crippen LogP contribution in [0.3, 0.4) is 0 Å². The Morgan fingerprint density at radius 1 is 0.833 bits per heavy atom. The maximum atomic E-state index is 13.7. The maximum absolute atomic E-state index is 13.7. The van der Waals surface area contributed by atoms with E-state index in [0.717, 1.165) is 16.7 Å². The smallest absolute Gasteiger partial charge is 0.243 e. The van der Waals surface area contributed by atoms with Crippen LogP contribution in [0.5, 0.6) is 0 Å². The van der Waals surface area contributed by atoms with Crippen LogP contribution in [-0.4, -0.2) is 30.5 Å². The summed E-state index contributed by atoms with van der Waals surface area (Å²) in [7, 11) is -3.77. The number of sulfonamides is 1. The van der Waals surface area contributed by atoms with E-state index in [1.807, 2.05) is 86.6 Å². The molecule has 0 aliphatic carbocycles. The lowest BCUT2D eigenvalue weighted by Gasteiger charge is -2.34. The lowest BCUT2D eigenvalue weighted by atomic mass is 9.95. The van der Waals surface area contributed by atoms with Gasteiger partial charge >= 0.3 is 0 Å². The summed E-state index contributed by atoms with van der Waals surface area (Å²) in [5, 5.41) is 9.95. The summed E-state index contributed by atoms with van der Waals surface area (Å²) in [6, 6.07) is 26.0. The van der Waals surface area contributed by atoms with Crippen LogP contribution >= 0.6 is 0 Å². The minimum absolute atomic E-state index is 0.0911. The van der Waals surface area contributed by atoms with Gasteiger partial charge in [0.25, 0.3) is 0 Å². The minimum Gasteiger partial charge on any atom is -0.396 e. The Morgan fingerprint density at radius 3 is 1.90 bits per heavy atom. The quantitative estimate of drug-likeness (QED) is 0.554. The Bertz CT molecular complexity index is 1020. The molecule has 0 radical (unpaired) electrons. The fraction of sp³-hybridized carbons (Fsp3) is 0.280. The summed E-state index contributed by atoms with van der Waals surface area (Å²) >= 11 is 0. The SMILES string of the molecule is Cc1ccc(S(=O)(=O)N(Cc2ccccc2)[C@@H](Cc2ccccc2)[C@H](C)CO)cc1. The summed E-state index contributed by atoms with van der Waals surface area (Å²) in [4.78, 5) is 0.271. The van der Waals surface area contributed by atoms with E-state index < -0.39 is 10.0 Å². The van der Waals surface area contributed by atoms with Crippen LogP contribution < -0.4 is 0 Å². The van der Waals surface area contributed by atoms with E-state index in [0.29, 0.717) is 6.42 Å². The number of aliphatic hydroxyl groups excluding tert-OH is 1. The second-order valence-electron chi connectivity index (χ2n) is 7.77. The van der Waals surface area contributed by atoms with Crippen LogP contribution in [0, 0.1) is 12.8 Å². The maximum Gasteiger partial charge on any atom is 0.243 e. The van der Waals surface area contributed by atoms with Crippen molar-refractivity contribution in [2.75, 3.05) is 6.61 Å². The molecule has 5 heteroatoms. The van der Waals surface area contributed by atoms with Crippen LogP contribution in [0.1, 0.15) is 23.6 Å². The third-order valence-corrected chi connectivity index (χ3v) is 7.30. The van der Waals surface area contributed by atoms with Crippen molar-refractivity contribution in [2.24, 2.45) is 5.92 Å². The summed E-state index contributed by atoms with van der Waals surface area (Å²) in [6.07, 6.45) is 0.528. The molecule has 158 valence electrons. The lowest BCUT2D eigenvalue weighted by molar-refractivity contribution is 0.156. The Balaban J connectivity index is 2.06. The highest BCUT2D eigenvalue weighted by Gasteiger charge is 2.34. The molecule has 0 aliphatic heterocycles. The third-order valence-electron chi connectivity index (χ3n) is 5.41. The van der Waals surface area contributed by atoms with Crippen molar-refractivity contribution in [1.29, 1.82) is 0 Å². The van der Waals surface area contributed by atoms with Gasteiger partial charge in [0.2, 0.25) is 10.0 Å². The number of aliphatic hydroxyl groups is 1. The Labute approximate surface area is 179 Å². The monoisotopic (exact) mass is 423 g/mol. The predicted molar refractivity (Wildman–Crippen MR) is 121 cm³/mol. The molecule has 0 spiro atoms. The molecule has 4 nitrogen and oxygen atoms in total. The third kappa shape index (κ3) is 5.36. The van der Waals surface area contributed by atoms with Gasteiger partial charge < -0.3 is 5.11 Å². The van der Waals surface area contributed by atoms with E-state index in [1.165, 1.54) is 0 Å². The lowest BCUT2D eigenvalue weighted by Crippen LogP contribution is -2.45. The van der Waals surface area contributed by atoms with Crippen molar-refractivity contribution in [3.63, 3.8) is 0 Å². The van der Waals surface area contributed by atoms with E-state index in [2.05, 4.69) is 0 Å². The molecule has 0 aromatic heterocycles. The number of hydrogen-bond donors (Lipinski definition) is 1. The van der Waals surface area contributed by atoms with Crippen LogP contribution in [0.25, 0.3) is 0 Å². The highest BCUT2D eigenvalue weighted by atomic mass is 32.2. The summed E-state index contributed by atoms with van der Waals surface area (Å²) in [5.41, 5.74) is 2.96. The van der Waals surface area contributed by atoms with E-state index in [1.54, 1.807) is 16.4 Å². The van der Waals surface area contributed by atoms with Gasteiger partial charge in [-0.3, -0.25) is 0 Å². The first-order valence-electron chi connectivity index (χ1n) is 10.2. The highest BCUT2D eigenvalue weighted by molar-refractivity contribution is 7.89. The average molecular weight is 424 g/mol. The molecule has 3 rings (SSSR count). The van der Waals surface area contributed by atoms with Gasteiger partial charge in [0.1, 0.15) is 0 Å². The van der Waals surface area contributed by atoms with Crippen LogP contribution in [-0.2, 0) is 23.0 Å². The number of rotatable bonds is 9. The number of nitrogens with zero attached hydrogens (tertiary/aromatic N) is 1. The Morgan fingerprint density at radius 2 is 1.37 bits per heavy atom. The molecular weight excluding hydrogens is 394 g/mol. The fourth-order valence-electron chi connectivity index (χ4n) is 3.55. The zero-order valence-electron chi connectivity index (χ0n) is 17.5. The molecule has 0 aliphatic rings. The van der Waals surface area contributed by atoms with Crippen molar-refractivity contribution in [2.45, 2.75) is 37.8 Å². The van der Waals surface area contributed by atoms with E-state index in [9.17, 15) is 13.5 Å². The topological polar surface area (TPSA) is 57.6 Å². The molecule has 3 aromatic rings. The highest BCUT2D eigenvalue weighted by Crippen LogP contribution is 2.27. The standard InChI is InChI=1S/C25H29NO3S/c1-20-13-15-24(16-14-20)30(28,29)26(18-23-11-7-4-8-12-23)25(21(2)19-27)17-22-9-5-3-6-10-22/h3-16,21,25,27H,17-19H2,1-2H3/t21-,25+/m1/s1. The molecule has 0 unspecified atom stereocenters. The zero-order valence-corrected chi connectivity index (χ0v) is 18.3. The van der Waals surface area contributed by atoms with Gasteiger partial charge in [-0.2, -0.15) is 4.31 Å². The zero-order chi connectivity index (χ0) is 21.6. The van der Waals surface area contributed by atoms with Gasteiger partial charge in [0.05, 0.1) is 4.90 Å². The second kappa shape index (κ2) is 10.0. The van der Waals surface area contributed by atoms with Crippen LogP contribution in [0.2, 0.25) is 0 Å². The molecule has 2 atom stereocenters. The molecule has 0 heterocycles. The molecule has 1 N–H and O–H groups in total. The Hall–Kier alpha value is -2.47. The molecular formula is C25H29NO3S. The van der Waals surface area contributed by atoms with Crippen molar-refractivity contribution in [1.82, 2.24) is 4.31 Å². The first-order chi connectivity index (χ1) is 14.4. The molecule has 0 bridgehead atoms. The Kier molecular flexibility index (Phi) is 7.43. The number of aryl methyl sites for hydroxylation is 1. The van der Waals surface area contributed by atoms with E-state index >= 15 is 0 Å². The molecule has 0 saturated carbocycles. The van der Waals surface area contributed by atoms with Crippen molar-refractivity contribution >= 4 is 10.0 Å².